The third-order valence-corrected chi connectivity index (χ3v) is 7.63. The van der Waals surface area contributed by atoms with Crippen molar-refractivity contribution in [2.75, 3.05) is 39.4 Å². The third kappa shape index (κ3) is 5.33. The Kier molecular flexibility index (Phi) is 7.06. The number of hydrogen-bond acceptors (Lipinski definition) is 10. The second-order valence-electron chi connectivity index (χ2n) is 10.5. The Morgan fingerprint density at radius 3 is 2.67 bits per heavy atom. The molecule has 0 spiro atoms. The van der Waals surface area contributed by atoms with Gasteiger partial charge in [-0.25, -0.2) is 4.98 Å². The molecule has 1 amide bonds. The van der Waals surface area contributed by atoms with E-state index in [2.05, 4.69) is 42.4 Å². The van der Waals surface area contributed by atoms with E-state index >= 15 is 0 Å². The molecule has 0 N–H and O–H groups in total. The number of aryl methyl sites for hydroxylation is 1. The number of benzene rings is 2. The molecular formula is C30H30N8O4. The van der Waals surface area contributed by atoms with Crippen LogP contribution >= 0.6 is 0 Å². The Labute approximate surface area is 241 Å². The van der Waals surface area contributed by atoms with Crippen molar-refractivity contribution in [3.8, 4) is 17.2 Å². The van der Waals surface area contributed by atoms with Gasteiger partial charge in [0.25, 0.3) is 5.91 Å². The molecule has 0 aliphatic carbocycles. The number of nitrogens with zero attached hydrogens (tertiary/aromatic N) is 8. The van der Waals surface area contributed by atoms with Crippen LogP contribution in [0.15, 0.2) is 71.3 Å². The Balaban J connectivity index is 1.05. The number of carbonyl (C=O) groups is 1. The molecule has 0 saturated carbocycles. The summed E-state index contributed by atoms with van der Waals surface area (Å²) in [5, 5.41) is 12.8. The predicted octanol–water partition coefficient (Wildman–Crippen LogP) is 3.13. The summed E-state index contributed by atoms with van der Waals surface area (Å²) >= 11 is 0. The zero-order valence-electron chi connectivity index (χ0n) is 23.2. The van der Waals surface area contributed by atoms with Crippen LogP contribution in [0.4, 0.5) is 0 Å². The highest BCUT2D eigenvalue weighted by Crippen LogP contribution is 2.30. The molecular weight excluding hydrogens is 536 g/mol. The molecule has 5 aromatic rings. The van der Waals surface area contributed by atoms with Crippen molar-refractivity contribution in [3.05, 3.63) is 83.9 Å². The summed E-state index contributed by atoms with van der Waals surface area (Å²) in [5.41, 5.74) is 3.46. The van der Waals surface area contributed by atoms with Crippen molar-refractivity contribution < 1.29 is 18.7 Å². The second kappa shape index (κ2) is 11.3. The molecule has 2 fully saturated rings. The Bertz CT molecular complexity index is 1690. The lowest BCUT2D eigenvalue weighted by molar-refractivity contribution is 0.0586. The van der Waals surface area contributed by atoms with E-state index in [1.165, 1.54) is 4.80 Å². The van der Waals surface area contributed by atoms with Gasteiger partial charge >= 0.3 is 0 Å². The van der Waals surface area contributed by atoms with Crippen LogP contribution in [-0.2, 0) is 11.8 Å². The Morgan fingerprint density at radius 1 is 1.05 bits per heavy atom. The van der Waals surface area contributed by atoms with Crippen molar-refractivity contribution in [2.24, 2.45) is 7.05 Å². The second-order valence-corrected chi connectivity index (χ2v) is 10.5. The molecule has 0 bridgehead atoms. The first-order valence-electron chi connectivity index (χ1n) is 14.0. The fourth-order valence-corrected chi connectivity index (χ4v) is 5.49. The number of carbonyl (C=O) groups excluding carboxylic acids is 1. The van der Waals surface area contributed by atoms with E-state index < -0.39 is 0 Å². The lowest BCUT2D eigenvalue weighted by atomic mass is 10.0. The molecule has 2 saturated heterocycles. The number of amides is 1. The zero-order chi connectivity index (χ0) is 28.5. The fourth-order valence-electron chi connectivity index (χ4n) is 5.49. The maximum absolute atomic E-state index is 13.5. The summed E-state index contributed by atoms with van der Waals surface area (Å²) in [7, 11) is 1.76. The van der Waals surface area contributed by atoms with Crippen molar-refractivity contribution >= 4 is 17.0 Å². The van der Waals surface area contributed by atoms with Crippen molar-refractivity contribution in [2.45, 2.75) is 18.6 Å². The summed E-state index contributed by atoms with van der Waals surface area (Å²) in [6.07, 6.45) is 2.54. The van der Waals surface area contributed by atoms with Crippen LogP contribution < -0.4 is 4.74 Å². The van der Waals surface area contributed by atoms with E-state index in [0.29, 0.717) is 73.5 Å². The first-order valence-corrected chi connectivity index (χ1v) is 14.0. The van der Waals surface area contributed by atoms with Gasteiger partial charge in [-0.15, -0.1) is 10.2 Å². The van der Waals surface area contributed by atoms with Crippen molar-refractivity contribution in [1.82, 2.24) is 40.0 Å². The minimum absolute atomic E-state index is 0.0531. The largest absolute Gasteiger partial charge is 0.488 e. The average molecular weight is 567 g/mol. The first-order chi connectivity index (χ1) is 20.6. The molecule has 2 aromatic carbocycles. The summed E-state index contributed by atoms with van der Waals surface area (Å²) < 4.78 is 17.4. The van der Waals surface area contributed by atoms with Crippen LogP contribution in [0.2, 0.25) is 0 Å². The summed E-state index contributed by atoms with van der Waals surface area (Å²) in [5.74, 6) is 1.67. The number of aromatic nitrogens is 6. The molecule has 2 unspecified atom stereocenters. The molecule has 12 heteroatoms. The van der Waals surface area contributed by atoms with E-state index in [4.69, 9.17) is 13.9 Å². The van der Waals surface area contributed by atoms with Gasteiger partial charge in [0.2, 0.25) is 5.89 Å². The summed E-state index contributed by atoms with van der Waals surface area (Å²) in [6.45, 7) is 3.72. The molecule has 5 heterocycles. The molecule has 42 heavy (non-hydrogen) atoms. The van der Waals surface area contributed by atoms with Crippen LogP contribution in [0.25, 0.3) is 22.6 Å². The number of pyridine rings is 1. The highest BCUT2D eigenvalue weighted by atomic mass is 16.5. The Hall–Kier alpha value is -4.68. The number of fused-ring (bicyclic) bond motifs is 1. The zero-order valence-corrected chi connectivity index (χ0v) is 23.2. The minimum Gasteiger partial charge on any atom is -0.488 e. The summed E-state index contributed by atoms with van der Waals surface area (Å²) in [6, 6.07) is 19.1. The first kappa shape index (κ1) is 26.2. The molecule has 214 valence electrons. The van der Waals surface area contributed by atoms with E-state index in [1.807, 2.05) is 41.3 Å². The lowest BCUT2D eigenvalue weighted by Crippen LogP contribution is -2.50. The van der Waals surface area contributed by atoms with Crippen LogP contribution in [0.1, 0.15) is 34.3 Å². The van der Waals surface area contributed by atoms with Gasteiger partial charge in [-0.1, -0.05) is 30.3 Å². The number of tetrazole rings is 1. The van der Waals surface area contributed by atoms with Crippen LogP contribution in [-0.4, -0.2) is 91.4 Å². The molecule has 2 aliphatic heterocycles. The van der Waals surface area contributed by atoms with Gasteiger partial charge in [-0.3, -0.25) is 14.7 Å². The average Bonchev–Trinajstić information content (AvgIpc) is 3.80. The molecule has 3 aromatic heterocycles. The number of hydrogen-bond donors (Lipinski definition) is 0. The number of ether oxygens (including phenoxy) is 2. The van der Waals surface area contributed by atoms with Crippen molar-refractivity contribution in [1.29, 1.82) is 0 Å². The SMILES string of the molecule is Cn1nnc(C(c2ccccc2)N2CCN(C(=O)c3cc(-c4nc5cc(OC6CCOC6)ccc5o4)ccn3)CC2)n1. The van der Waals surface area contributed by atoms with Gasteiger partial charge in [0.15, 0.2) is 11.4 Å². The van der Waals surface area contributed by atoms with E-state index in [9.17, 15) is 4.79 Å². The highest BCUT2D eigenvalue weighted by Gasteiger charge is 2.31. The van der Waals surface area contributed by atoms with Crippen molar-refractivity contribution in [3.63, 3.8) is 0 Å². The van der Waals surface area contributed by atoms with E-state index in [0.717, 1.165) is 17.7 Å². The molecule has 0 radical (unpaired) electrons. The normalized spacial score (nSPS) is 18.4. The van der Waals surface area contributed by atoms with Gasteiger partial charge < -0.3 is 18.8 Å². The predicted molar refractivity (Wildman–Crippen MR) is 152 cm³/mol. The van der Waals surface area contributed by atoms with E-state index in [-0.39, 0.29) is 18.1 Å². The minimum atomic E-state index is -0.143. The Morgan fingerprint density at radius 2 is 1.90 bits per heavy atom. The van der Waals surface area contributed by atoms with Gasteiger partial charge in [0.05, 0.1) is 26.3 Å². The monoisotopic (exact) mass is 566 g/mol. The smallest absolute Gasteiger partial charge is 0.272 e. The lowest BCUT2D eigenvalue weighted by Gasteiger charge is -2.38. The van der Waals surface area contributed by atoms with Crippen LogP contribution in [0, 0.1) is 0 Å². The van der Waals surface area contributed by atoms with Crippen LogP contribution in [0.3, 0.4) is 0 Å². The highest BCUT2D eigenvalue weighted by molar-refractivity contribution is 5.93. The molecule has 7 rings (SSSR count). The third-order valence-electron chi connectivity index (χ3n) is 7.63. The molecule has 2 atom stereocenters. The standard InChI is InChI=1S/C30H30N8O4/c1-36-34-28(33-35-36)27(20-5-3-2-4-6-20)37-12-14-38(15-13-37)30(39)25-17-21(9-11-31-25)29-32-24-18-22(7-8-26(24)42-29)41-23-10-16-40-19-23/h2-9,11,17-18,23,27H,10,12-16,19H2,1H3. The number of rotatable bonds is 7. The van der Waals surface area contributed by atoms with Crippen LogP contribution in [0.5, 0.6) is 5.75 Å². The quantitative estimate of drug-likeness (QED) is 0.290. The van der Waals surface area contributed by atoms with Gasteiger partial charge in [0.1, 0.15) is 23.1 Å². The van der Waals surface area contributed by atoms with Gasteiger partial charge in [0, 0.05) is 50.4 Å². The number of oxazole rings is 1. The number of piperazine rings is 1. The van der Waals surface area contributed by atoms with E-state index in [1.54, 1.807) is 25.4 Å². The maximum atomic E-state index is 13.5. The topological polar surface area (TPSA) is 125 Å². The van der Waals surface area contributed by atoms with Gasteiger partial charge in [-0.2, -0.15) is 4.80 Å². The summed E-state index contributed by atoms with van der Waals surface area (Å²) in [4.78, 5) is 28.1. The molecule has 12 nitrogen and oxygen atoms in total. The maximum Gasteiger partial charge on any atom is 0.272 e. The fraction of sp³-hybridized carbons (Fsp3) is 0.333. The molecule has 2 aliphatic rings. The van der Waals surface area contributed by atoms with Gasteiger partial charge in [-0.05, 0) is 35.0 Å².